The molecule has 1 aromatic heterocycles. The topological polar surface area (TPSA) is 73.6 Å². The first-order valence-corrected chi connectivity index (χ1v) is 6.10. The number of aryl methyl sites for hydroxylation is 1. The molecule has 0 amide bonds. The smallest absolute Gasteiger partial charge is 0.339 e. The van der Waals surface area contributed by atoms with Crippen molar-refractivity contribution in [2.24, 2.45) is 7.05 Å². The minimum absolute atomic E-state index is 0.0433. The molecule has 20 heavy (non-hydrogen) atoms. The fourth-order valence-corrected chi connectivity index (χ4v) is 1.94. The van der Waals surface area contributed by atoms with Gasteiger partial charge in [-0.2, -0.15) is 5.10 Å². The van der Waals surface area contributed by atoms with Crippen LogP contribution in [0.1, 0.15) is 15.9 Å². The molecule has 0 saturated heterocycles. The average Bonchev–Trinajstić information content (AvgIpc) is 2.81. The molecule has 0 atom stereocenters. The molecule has 7 heteroatoms. The molecule has 0 aliphatic rings. The lowest BCUT2D eigenvalue weighted by Gasteiger charge is -2.13. The highest BCUT2D eigenvalue weighted by Gasteiger charge is 2.18. The van der Waals surface area contributed by atoms with Gasteiger partial charge in [-0.05, 0) is 6.07 Å². The van der Waals surface area contributed by atoms with E-state index in [1.165, 1.54) is 19.2 Å². The number of rotatable bonds is 5. The Morgan fingerprint density at radius 3 is 2.80 bits per heavy atom. The zero-order valence-corrected chi connectivity index (χ0v) is 11.7. The van der Waals surface area contributed by atoms with Crippen molar-refractivity contribution < 1.29 is 19.4 Å². The van der Waals surface area contributed by atoms with E-state index in [9.17, 15) is 9.90 Å². The summed E-state index contributed by atoms with van der Waals surface area (Å²) in [6.45, 7) is 0.187. The summed E-state index contributed by atoms with van der Waals surface area (Å²) >= 11 is 5.85. The number of aromatic nitrogens is 2. The molecule has 0 aliphatic carbocycles. The third-order valence-corrected chi connectivity index (χ3v) is 2.83. The van der Waals surface area contributed by atoms with Crippen molar-refractivity contribution in [2.75, 3.05) is 7.11 Å². The van der Waals surface area contributed by atoms with Gasteiger partial charge in [-0.25, -0.2) is 4.79 Å². The Balaban J connectivity index is 2.31. The number of halogens is 1. The lowest BCUT2D eigenvalue weighted by atomic mass is 10.2. The van der Waals surface area contributed by atoms with Crippen molar-refractivity contribution in [3.05, 3.63) is 40.7 Å². The molecule has 1 N–H and O–H groups in total. The van der Waals surface area contributed by atoms with Crippen LogP contribution >= 0.6 is 11.6 Å². The number of nitrogens with zero attached hydrogens (tertiary/aromatic N) is 2. The first-order valence-electron chi connectivity index (χ1n) is 5.72. The minimum atomic E-state index is -1.13. The normalized spacial score (nSPS) is 10.3. The molecule has 0 spiro atoms. The monoisotopic (exact) mass is 296 g/mol. The molecule has 1 heterocycles. The first-order chi connectivity index (χ1) is 9.51. The van der Waals surface area contributed by atoms with Crippen LogP contribution in [0.3, 0.4) is 0 Å². The number of aromatic carboxylic acids is 1. The zero-order valence-electron chi connectivity index (χ0n) is 11.0. The van der Waals surface area contributed by atoms with Crippen molar-refractivity contribution in [3.63, 3.8) is 0 Å². The number of hydrogen-bond donors (Lipinski definition) is 1. The molecule has 0 aliphatic heterocycles. The summed E-state index contributed by atoms with van der Waals surface area (Å²) in [5.74, 6) is -0.709. The Labute approximate surface area is 120 Å². The van der Waals surface area contributed by atoms with E-state index in [-0.39, 0.29) is 28.7 Å². The van der Waals surface area contributed by atoms with Crippen LogP contribution in [0.4, 0.5) is 0 Å². The standard InChI is InChI=1S/C13H13ClN2O4/c1-16-6-8(5-15-16)7-20-12-10(13(17)18)3-9(14)4-11(12)19-2/h3-6H,7H2,1-2H3,(H,17,18). The maximum atomic E-state index is 11.2. The molecule has 106 valence electrons. The van der Waals surface area contributed by atoms with Crippen LogP contribution in [0, 0.1) is 0 Å². The third kappa shape index (κ3) is 3.03. The molecule has 2 aromatic rings. The Hall–Kier alpha value is -2.21. The van der Waals surface area contributed by atoms with E-state index < -0.39 is 5.97 Å². The van der Waals surface area contributed by atoms with Gasteiger partial charge in [0, 0.05) is 29.9 Å². The van der Waals surface area contributed by atoms with Crippen LogP contribution in [0.15, 0.2) is 24.5 Å². The number of carboxylic acid groups (broad SMARTS) is 1. The van der Waals surface area contributed by atoms with E-state index in [2.05, 4.69) is 5.10 Å². The molecular weight excluding hydrogens is 284 g/mol. The van der Waals surface area contributed by atoms with Gasteiger partial charge in [-0.1, -0.05) is 11.6 Å². The number of carboxylic acids is 1. The van der Waals surface area contributed by atoms with Gasteiger partial charge in [0.2, 0.25) is 0 Å². The summed E-state index contributed by atoms with van der Waals surface area (Å²) in [6, 6.07) is 2.83. The molecule has 0 saturated carbocycles. The quantitative estimate of drug-likeness (QED) is 0.917. The van der Waals surface area contributed by atoms with Crippen LogP contribution < -0.4 is 9.47 Å². The Bertz CT molecular complexity index is 639. The van der Waals surface area contributed by atoms with E-state index in [1.54, 1.807) is 24.1 Å². The number of carbonyl (C=O) groups is 1. The fourth-order valence-electron chi connectivity index (χ4n) is 1.73. The van der Waals surface area contributed by atoms with Crippen molar-refractivity contribution in [1.82, 2.24) is 9.78 Å². The molecular formula is C13H13ClN2O4. The van der Waals surface area contributed by atoms with Crippen LogP contribution in [-0.4, -0.2) is 28.0 Å². The van der Waals surface area contributed by atoms with E-state index in [0.717, 1.165) is 5.56 Å². The maximum absolute atomic E-state index is 11.2. The molecule has 2 rings (SSSR count). The van der Waals surface area contributed by atoms with E-state index >= 15 is 0 Å². The number of benzene rings is 1. The first kappa shape index (κ1) is 14.2. The van der Waals surface area contributed by atoms with Gasteiger partial charge in [0.05, 0.1) is 13.3 Å². The minimum Gasteiger partial charge on any atom is -0.493 e. The summed E-state index contributed by atoms with van der Waals surface area (Å²) in [5.41, 5.74) is 0.777. The Morgan fingerprint density at radius 2 is 2.25 bits per heavy atom. The molecule has 6 nitrogen and oxygen atoms in total. The number of ether oxygens (including phenoxy) is 2. The fraction of sp³-hybridized carbons (Fsp3) is 0.231. The zero-order chi connectivity index (χ0) is 14.7. The van der Waals surface area contributed by atoms with Crippen LogP contribution in [0.25, 0.3) is 0 Å². The highest BCUT2D eigenvalue weighted by Crippen LogP contribution is 2.35. The summed E-state index contributed by atoms with van der Waals surface area (Å²) in [4.78, 5) is 11.2. The SMILES string of the molecule is COc1cc(Cl)cc(C(=O)O)c1OCc1cnn(C)c1. The van der Waals surface area contributed by atoms with Gasteiger partial charge >= 0.3 is 5.97 Å². The van der Waals surface area contributed by atoms with Crippen molar-refractivity contribution in [2.45, 2.75) is 6.61 Å². The van der Waals surface area contributed by atoms with Crippen LogP contribution in [0.5, 0.6) is 11.5 Å². The lowest BCUT2D eigenvalue weighted by Crippen LogP contribution is -2.05. The molecule has 0 bridgehead atoms. The Kier molecular flexibility index (Phi) is 4.14. The number of hydrogen-bond acceptors (Lipinski definition) is 4. The summed E-state index contributed by atoms with van der Waals surface area (Å²) in [7, 11) is 3.21. The second-order valence-electron chi connectivity index (χ2n) is 4.10. The second kappa shape index (κ2) is 5.83. The highest BCUT2D eigenvalue weighted by molar-refractivity contribution is 6.31. The van der Waals surface area contributed by atoms with Gasteiger partial charge in [0.25, 0.3) is 0 Å². The highest BCUT2D eigenvalue weighted by atomic mass is 35.5. The Morgan fingerprint density at radius 1 is 1.50 bits per heavy atom. The lowest BCUT2D eigenvalue weighted by molar-refractivity contribution is 0.0691. The van der Waals surface area contributed by atoms with Crippen LogP contribution in [-0.2, 0) is 13.7 Å². The van der Waals surface area contributed by atoms with E-state index in [1.807, 2.05) is 0 Å². The second-order valence-corrected chi connectivity index (χ2v) is 4.54. The van der Waals surface area contributed by atoms with E-state index in [0.29, 0.717) is 0 Å². The van der Waals surface area contributed by atoms with Gasteiger partial charge in [-0.3, -0.25) is 4.68 Å². The summed E-state index contributed by atoms with van der Waals surface area (Å²) in [6.07, 6.45) is 3.42. The third-order valence-electron chi connectivity index (χ3n) is 2.61. The van der Waals surface area contributed by atoms with Crippen molar-refractivity contribution >= 4 is 17.6 Å². The summed E-state index contributed by atoms with van der Waals surface area (Å²) < 4.78 is 12.3. The van der Waals surface area contributed by atoms with Crippen LogP contribution in [0.2, 0.25) is 5.02 Å². The van der Waals surface area contributed by atoms with Gasteiger partial charge in [-0.15, -0.1) is 0 Å². The molecule has 1 aromatic carbocycles. The average molecular weight is 297 g/mol. The number of methoxy groups -OCH3 is 1. The molecule has 0 fully saturated rings. The van der Waals surface area contributed by atoms with Gasteiger partial charge in [0.15, 0.2) is 11.5 Å². The van der Waals surface area contributed by atoms with Crippen molar-refractivity contribution in [3.8, 4) is 11.5 Å². The van der Waals surface area contributed by atoms with Crippen molar-refractivity contribution in [1.29, 1.82) is 0 Å². The maximum Gasteiger partial charge on any atom is 0.339 e. The predicted octanol–water partition coefficient (Wildman–Crippen LogP) is 2.36. The van der Waals surface area contributed by atoms with Gasteiger partial charge in [0.1, 0.15) is 12.2 Å². The molecule has 0 unspecified atom stereocenters. The predicted molar refractivity (Wildman–Crippen MR) is 72.5 cm³/mol. The largest absolute Gasteiger partial charge is 0.493 e. The van der Waals surface area contributed by atoms with E-state index in [4.69, 9.17) is 21.1 Å². The molecule has 0 radical (unpaired) electrons. The summed E-state index contributed by atoms with van der Waals surface area (Å²) in [5, 5.41) is 13.5. The van der Waals surface area contributed by atoms with Gasteiger partial charge < -0.3 is 14.6 Å².